The Labute approximate surface area is 195 Å². The van der Waals surface area contributed by atoms with E-state index in [4.69, 9.17) is 4.74 Å². The lowest BCUT2D eigenvalue weighted by Gasteiger charge is -2.32. The fourth-order valence-electron chi connectivity index (χ4n) is 5.40. The normalized spacial score (nSPS) is 21.2. The van der Waals surface area contributed by atoms with E-state index in [9.17, 15) is 10.2 Å². The lowest BCUT2D eigenvalue weighted by atomic mass is 9.76. The van der Waals surface area contributed by atoms with Crippen molar-refractivity contribution in [2.24, 2.45) is 11.3 Å². The van der Waals surface area contributed by atoms with Crippen molar-refractivity contribution in [3.05, 3.63) is 35.5 Å². The number of aliphatic hydroxyl groups excluding tert-OH is 2. The van der Waals surface area contributed by atoms with Crippen molar-refractivity contribution in [2.45, 2.75) is 52.1 Å². The first-order chi connectivity index (χ1) is 15.9. The molecule has 0 amide bonds. The maximum atomic E-state index is 10.8. The van der Waals surface area contributed by atoms with Crippen molar-refractivity contribution in [3.63, 3.8) is 0 Å². The molecule has 7 nitrogen and oxygen atoms in total. The summed E-state index contributed by atoms with van der Waals surface area (Å²) in [6.45, 7) is 7.03. The quantitative estimate of drug-likeness (QED) is 0.439. The SMILES string of the molecule is CC1(C)CCc2c(-c3cc4ccc(N(CCO)CC(O)C5CCCOC5)cc4[nH]3)n[nH]c2C1. The Balaban J connectivity index is 1.39. The molecule has 0 bridgehead atoms. The number of H-pyrrole nitrogens is 2. The van der Waals surface area contributed by atoms with E-state index in [1.165, 1.54) is 17.7 Å². The molecule has 2 atom stereocenters. The molecule has 2 aliphatic rings. The van der Waals surface area contributed by atoms with Crippen LogP contribution in [0.1, 0.15) is 44.4 Å². The number of fused-ring (bicyclic) bond motifs is 2. The van der Waals surface area contributed by atoms with Crippen molar-refractivity contribution in [1.29, 1.82) is 0 Å². The van der Waals surface area contributed by atoms with Gasteiger partial charge in [0, 0.05) is 53.5 Å². The minimum absolute atomic E-state index is 0.0393. The van der Waals surface area contributed by atoms with Crippen molar-refractivity contribution < 1.29 is 14.9 Å². The van der Waals surface area contributed by atoms with Gasteiger partial charge < -0.3 is 24.8 Å². The molecule has 1 saturated heterocycles. The van der Waals surface area contributed by atoms with Crippen LogP contribution in [0.4, 0.5) is 5.69 Å². The van der Waals surface area contributed by atoms with E-state index in [1.54, 1.807) is 0 Å². The van der Waals surface area contributed by atoms with Gasteiger partial charge in [0.1, 0.15) is 5.69 Å². The molecule has 178 valence electrons. The Morgan fingerprint density at radius 2 is 2.18 bits per heavy atom. The summed E-state index contributed by atoms with van der Waals surface area (Å²) >= 11 is 0. The maximum Gasteiger partial charge on any atom is 0.112 e. The van der Waals surface area contributed by atoms with Crippen molar-refractivity contribution >= 4 is 16.6 Å². The smallest absolute Gasteiger partial charge is 0.112 e. The number of rotatable bonds is 7. The number of benzene rings is 1. The number of aromatic nitrogens is 3. The largest absolute Gasteiger partial charge is 0.395 e. The van der Waals surface area contributed by atoms with Crippen LogP contribution in [0.5, 0.6) is 0 Å². The first-order valence-electron chi connectivity index (χ1n) is 12.2. The molecule has 1 aromatic carbocycles. The van der Waals surface area contributed by atoms with Crippen LogP contribution < -0.4 is 4.90 Å². The van der Waals surface area contributed by atoms with Crippen LogP contribution in [0.25, 0.3) is 22.3 Å². The third-order valence-corrected chi connectivity index (χ3v) is 7.40. The fraction of sp³-hybridized carbons (Fsp3) is 0.577. The predicted octanol–water partition coefficient (Wildman–Crippen LogP) is 3.66. The van der Waals surface area contributed by atoms with E-state index in [0.29, 0.717) is 25.1 Å². The maximum absolute atomic E-state index is 10.8. The Morgan fingerprint density at radius 3 is 2.97 bits per heavy atom. The first-order valence-corrected chi connectivity index (χ1v) is 12.2. The number of hydrogen-bond acceptors (Lipinski definition) is 5. The molecular formula is C26H36N4O3. The molecule has 3 heterocycles. The van der Waals surface area contributed by atoms with Crippen LogP contribution >= 0.6 is 0 Å². The zero-order valence-corrected chi connectivity index (χ0v) is 19.7. The number of hydrogen-bond donors (Lipinski definition) is 4. The van der Waals surface area contributed by atoms with Crippen molar-refractivity contribution in [1.82, 2.24) is 15.2 Å². The molecule has 3 aromatic rings. The summed E-state index contributed by atoms with van der Waals surface area (Å²) < 4.78 is 5.56. The second kappa shape index (κ2) is 9.12. The van der Waals surface area contributed by atoms with Crippen LogP contribution in [0.3, 0.4) is 0 Å². The first kappa shape index (κ1) is 22.4. The number of nitrogens with one attached hydrogen (secondary N) is 2. The van der Waals surface area contributed by atoms with E-state index in [1.807, 2.05) is 0 Å². The van der Waals surface area contributed by atoms with Crippen LogP contribution in [0.15, 0.2) is 24.3 Å². The summed E-state index contributed by atoms with van der Waals surface area (Å²) in [5, 5.41) is 29.5. The summed E-state index contributed by atoms with van der Waals surface area (Å²) in [4.78, 5) is 5.64. The summed E-state index contributed by atoms with van der Waals surface area (Å²) in [5.74, 6) is 0.150. The second-order valence-electron chi connectivity index (χ2n) is 10.5. The van der Waals surface area contributed by atoms with Gasteiger partial charge in [-0.15, -0.1) is 0 Å². The third-order valence-electron chi connectivity index (χ3n) is 7.40. The summed E-state index contributed by atoms with van der Waals surface area (Å²) in [5.41, 5.74) is 7.00. The minimum Gasteiger partial charge on any atom is -0.395 e. The highest BCUT2D eigenvalue weighted by molar-refractivity contribution is 5.88. The Kier molecular flexibility index (Phi) is 6.20. The van der Waals surface area contributed by atoms with E-state index in [0.717, 1.165) is 60.3 Å². The average molecular weight is 453 g/mol. The molecule has 2 aromatic heterocycles. The van der Waals surface area contributed by atoms with Crippen LogP contribution in [0, 0.1) is 11.3 Å². The zero-order chi connectivity index (χ0) is 23.0. The van der Waals surface area contributed by atoms with Crippen LogP contribution in [-0.4, -0.2) is 64.4 Å². The van der Waals surface area contributed by atoms with Gasteiger partial charge in [-0.3, -0.25) is 5.10 Å². The molecule has 33 heavy (non-hydrogen) atoms. The lowest BCUT2D eigenvalue weighted by molar-refractivity contribution is -0.00604. The molecule has 7 heteroatoms. The Morgan fingerprint density at radius 1 is 1.30 bits per heavy atom. The van der Waals surface area contributed by atoms with Gasteiger partial charge >= 0.3 is 0 Å². The monoisotopic (exact) mass is 452 g/mol. The van der Waals surface area contributed by atoms with Crippen molar-refractivity contribution in [3.8, 4) is 11.4 Å². The molecular weight excluding hydrogens is 416 g/mol. The van der Waals surface area contributed by atoms with E-state index < -0.39 is 6.10 Å². The van der Waals surface area contributed by atoms with Gasteiger partial charge in [-0.25, -0.2) is 0 Å². The number of aromatic amines is 2. The topological polar surface area (TPSA) is 97.4 Å². The second-order valence-corrected chi connectivity index (χ2v) is 10.5. The van der Waals surface area contributed by atoms with Crippen molar-refractivity contribution in [2.75, 3.05) is 37.8 Å². The van der Waals surface area contributed by atoms with E-state index in [-0.39, 0.29) is 12.5 Å². The Bertz CT molecular complexity index is 1100. The molecule has 5 rings (SSSR count). The van der Waals surface area contributed by atoms with Crippen LogP contribution in [-0.2, 0) is 17.6 Å². The lowest BCUT2D eigenvalue weighted by Crippen LogP contribution is -2.40. The van der Waals surface area contributed by atoms with E-state index in [2.05, 4.69) is 58.2 Å². The van der Waals surface area contributed by atoms with E-state index >= 15 is 0 Å². The van der Waals surface area contributed by atoms with Gasteiger partial charge in [-0.05, 0) is 55.7 Å². The predicted molar refractivity (Wildman–Crippen MR) is 131 cm³/mol. The summed E-state index contributed by atoms with van der Waals surface area (Å²) in [6.07, 6.45) is 4.74. The zero-order valence-electron chi connectivity index (χ0n) is 19.7. The molecule has 0 radical (unpaired) electrons. The number of nitrogens with zero attached hydrogens (tertiary/aromatic N) is 2. The third kappa shape index (κ3) is 4.67. The molecule has 1 fully saturated rings. The molecule has 1 aliphatic heterocycles. The highest BCUT2D eigenvalue weighted by atomic mass is 16.5. The fourth-order valence-corrected chi connectivity index (χ4v) is 5.40. The van der Waals surface area contributed by atoms with Gasteiger partial charge in [-0.2, -0.15) is 5.10 Å². The van der Waals surface area contributed by atoms with Crippen LogP contribution in [0.2, 0.25) is 0 Å². The Hall–Kier alpha value is -2.35. The highest BCUT2D eigenvalue weighted by Crippen LogP contribution is 2.38. The molecule has 0 saturated carbocycles. The summed E-state index contributed by atoms with van der Waals surface area (Å²) in [6, 6.07) is 8.45. The van der Waals surface area contributed by atoms with Gasteiger partial charge in [0.25, 0.3) is 0 Å². The average Bonchev–Trinajstić information content (AvgIpc) is 3.41. The highest BCUT2D eigenvalue weighted by Gasteiger charge is 2.29. The molecule has 0 spiro atoms. The van der Waals surface area contributed by atoms with Gasteiger partial charge in [0.05, 0.1) is 25.0 Å². The number of anilines is 1. The minimum atomic E-state index is -0.480. The number of aliphatic hydroxyl groups is 2. The van der Waals surface area contributed by atoms with Gasteiger partial charge in [0.2, 0.25) is 0 Å². The summed E-state index contributed by atoms with van der Waals surface area (Å²) in [7, 11) is 0. The molecule has 2 unspecified atom stereocenters. The molecule has 1 aliphatic carbocycles. The number of ether oxygens (including phenoxy) is 1. The molecule has 4 N–H and O–H groups in total. The van der Waals surface area contributed by atoms with Gasteiger partial charge in [-0.1, -0.05) is 19.9 Å². The van der Waals surface area contributed by atoms with Gasteiger partial charge in [0.15, 0.2) is 0 Å². The standard InChI is InChI=1S/C26H36N4O3/c1-26(2)8-7-20-23(14-26)28-29-25(20)22-12-17-5-6-19(13-21(17)27-22)30(9-10-31)15-24(32)18-4-3-11-33-16-18/h5-6,12-13,18,24,27,31-32H,3-4,7-11,14-16H2,1-2H3,(H,28,29).